The highest BCUT2D eigenvalue weighted by Gasteiger charge is 2.12. The Balaban J connectivity index is 2.75. The van der Waals surface area contributed by atoms with Gasteiger partial charge in [0.25, 0.3) is 0 Å². The number of nitrogens with two attached hydrogens (primary N) is 1. The topological polar surface area (TPSA) is 64.9 Å². The van der Waals surface area contributed by atoms with Gasteiger partial charge in [-0.15, -0.1) is 0 Å². The normalized spacial score (nSPS) is 11.3. The number of nitrogen functional groups attached to an aromatic ring is 1. The van der Waals surface area contributed by atoms with Crippen molar-refractivity contribution in [3.05, 3.63) is 18.2 Å². The first kappa shape index (κ1) is 8.04. The highest BCUT2D eigenvalue weighted by molar-refractivity contribution is 5.84. The fraction of sp³-hybridized carbons (Fsp3) is 0.333. The average Bonchev–Trinajstić information content (AvgIpc) is 2.48. The summed E-state index contributed by atoms with van der Waals surface area (Å²) in [5.74, 6) is 0.785. The highest BCUT2D eigenvalue weighted by Crippen LogP contribution is 2.27. The number of rotatable bonds is 1. The Morgan fingerprint density at radius 2 is 2.15 bits per heavy atom. The van der Waals surface area contributed by atoms with E-state index in [1.165, 1.54) is 6.33 Å². The van der Waals surface area contributed by atoms with Crippen molar-refractivity contribution in [2.45, 2.75) is 19.8 Å². The lowest BCUT2D eigenvalue weighted by Gasteiger charge is -1.99. The average molecular weight is 177 g/mol. The van der Waals surface area contributed by atoms with Crippen LogP contribution in [0.3, 0.4) is 0 Å². The molecule has 2 rings (SSSR count). The van der Waals surface area contributed by atoms with Gasteiger partial charge in [0.15, 0.2) is 11.4 Å². The van der Waals surface area contributed by atoms with Crippen molar-refractivity contribution in [2.75, 3.05) is 5.73 Å². The molecule has 0 atom stereocenters. The standard InChI is InChI=1S/C9H11N3O/c1-5(2)6-3-13-8-7(6)11-4-12-9(8)10/h3-5H,1-2H3,(H2,10,11,12). The zero-order chi connectivity index (χ0) is 9.42. The largest absolute Gasteiger partial charge is 0.458 e. The van der Waals surface area contributed by atoms with Crippen LogP contribution in [0.15, 0.2) is 17.0 Å². The molecule has 0 radical (unpaired) electrons. The molecular formula is C9H11N3O. The van der Waals surface area contributed by atoms with Crippen LogP contribution in [0.1, 0.15) is 25.3 Å². The number of fused-ring (bicyclic) bond motifs is 1. The van der Waals surface area contributed by atoms with Gasteiger partial charge in [0.1, 0.15) is 11.8 Å². The Bertz CT molecular complexity index is 433. The summed E-state index contributed by atoms with van der Waals surface area (Å²) in [4.78, 5) is 7.99. The van der Waals surface area contributed by atoms with Gasteiger partial charge in [0, 0.05) is 5.56 Å². The molecule has 0 aromatic carbocycles. The van der Waals surface area contributed by atoms with Crippen molar-refractivity contribution in [3.8, 4) is 0 Å². The number of hydrogen-bond donors (Lipinski definition) is 1. The molecule has 68 valence electrons. The van der Waals surface area contributed by atoms with Gasteiger partial charge >= 0.3 is 0 Å². The van der Waals surface area contributed by atoms with Gasteiger partial charge in [0.2, 0.25) is 0 Å². The number of hydrogen-bond acceptors (Lipinski definition) is 4. The summed E-state index contributed by atoms with van der Waals surface area (Å²) >= 11 is 0. The van der Waals surface area contributed by atoms with E-state index in [0.717, 1.165) is 11.1 Å². The van der Waals surface area contributed by atoms with Crippen molar-refractivity contribution in [3.63, 3.8) is 0 Å². The fourth-order valence-corrected chi connectivity index (χ4v) is 1.30. The van der Waals surface area contributed by atoms with Gasteiger partial charge in [-0.25, -0.2) is 9.97 Å². The number of furan rings is 1. The van der Waals surface area contributed by atoms with E-state index in [1.54, 1.807) is 6.26 Å². The van der Waals surface area contributed by atoms with Crippen LogP contribution in [-0.2, 0) is 0 Å². The monoisotopic (exact) mass is 177 g/mol. The molecule has 0 saturated heterocycles. The molecule has 0 bridgehead atoms. The fourth-order valence-electron chi connectivity index (χ4n) is 1.30. The van der Waals surface area contributed by atoms with E-state index in [1.807, 2.05) is 0 Å². The lowest BCUT2D eigenvalue weighted by Crippen LogP contribution is -1.92. The summed E-state index contributed by atoms with van der Waals surface area (Å²) in [5.41, 5.74) is 8.11. The third-order valence-corrected chi connectivity index (χ3v) is 2.03. The Morgan fingerprint density at radius 1 is 1.38 bits per heavy atom. The van der Waals surface area contributed by atoms with Crippen LogP contribution in [0.25, 0.3) is 11.1 Å². The Kier molecular flexibility index (Phi) is 1.69. The SMILES string of the molecule is CC(C)c1coc2c(N)ncnc12. The van der Waals surface area contributed by atoms with Crippen molar-refractivity contribution in [2.24, 2.45) is 0 Å². The van der Waals surface area contributed by atoms with Crippen LogP contribution in [0, 0.1) is 0 Å². The predicted molar refractivity (Wildman–Crippen MR) is 50.3 cm³/mol. The molecule has 4 nitrogen and oxygen atoms in total. The van der Waals surface area contributed by atoms with E-state index < -0.39 is 0 Å². The Hall–Kier alpha value is -1.58. The van der Waals surface area contributed by atoms with Crippen LogP contribution in [0.5, 0.6) is 0 Å². The maximum atomic E-state index is 5.62. The summed E-state index contributed by atoms with van der Waals surface area (Å²) < 4.78 is 5.29. The summed E-state index contributed by atoms with van der Waals surface area (Å²) in [6.45, 7) is 4.17. The summed E-state index contributed by atoms with van der Waals surface area (Å²) in [5, 5.41) is 0. The second-order valence-electron chi connectivity index (χ2n) is 3.28. The quantitative estimate of drug-likeness (QED) is 0.722. The maximum absolute atomic E-state index is 5.62. The van der Waals surface area contributed by atoms with Crippen LogP contribution in [0.4, 0.5) is 5.82 Å². The molecule has 2 aromatic heterocycles. The molecule has 0 fully saturated rings. The van der Waals surface area contributed by atoms with E-state index in [9.17, 15) is 0 Å². The van der Waals surface area contributed by atoms with Crippen LogP contribution >= 0.6 is 0 Å². The van der Waals surface area contributed by atoms with Crippen molar-refractivity contribution < 1.29 is 4.42 Å². The summed E-state index contributed by atoms with van der Waals surface area (Å²) in [7, 11) is 0. The first-order valence-corrected chi connectivity index (χ1v) is 4.17. The molecule has 0 aliphatic heterocycles. The molecular weight excluding hydrogens is 166 g/mol. The maximum Gasteiger partial charge on any atom is 0.194 e. The van der Waals surface area contributed by atoms with Crippen molar-refractivity contribution in [1.29, 1.82) is 0 Å². The van der Waals surface area contributed by atoms with Gasteiger partial charge in [-0.2, -0.15) is 0 Å². The summed E-state index contributed by atoms with van der Waals surface area (Å²) in [6, 6.07) is 0. The zero-order valence-corrected chi connectivity index (χ0v) is 7.61. The first-order valence-electron chi connectivity index (χ1n) is 4.17. The molecule has 2 N–H and O–H groups in total. The molecule has 13 heavy (non-hydrogen) atoms. The zero-order valence-electron chi connectivity index (χ0n) is 7.61. The number of anilines is 1. The van der Waals surface area contributed by atoms with Crippen LogP contribution in [0.2, 0.25) is 0 Å². The molecule has 0 amide bonds. The lowest BCUT2D eigenvalue weighted by atomic mass is 10.1. The van der Waals surface area contributed by atoms with Gasteiger partial charge in [-0.3, -0.25) is 0 Å². The van der Waals surface area contributed by atoms with Crippen LogP contribution in [-0.4, -0.2) is 9.97 Å². The van der Waals surface area contributed by atoms with Crippen molar-refractivity contribution in [1.82, 2.24) is 9.97 Å². The predicted octanol–water partition coefficient (Wildman–Crippen LogP) is 1.93. The molecule has 0 aliphatic rings. The minimum atomic E-state index is 0.385. The molecule has 0 unspecified atom stereocenters. The Labute approximate surface area is 75.8 Å². The van der Waals surface area contributed by atoms with Gasteiger partial charge in [-0.05, 0) is 5.92 Å². The number of nitrogens with zero attached hydrogens (tertiary/aromatic N) is 2. The molecule has 4 heteroatoms. The second kappa shape index (κ2) is 2.73. The second-order valence-corrected chi connectivity index (χ2v) is 3.28. The van der Waals surface area contributed by atoms with E-state index in [4.69, 9.17) is 10.2 Å². The molecule has 0 aliphatic carbocycles. The lowest BCUT2D eigenvalue weighted by molar-refractivity contribution is 0.606. The van der Waals surface area contributed by atoms with Gasteiger partial charge in [-0.1, -0.05) is 13.8 Å². The smallest absolute Gasteiger partial charge is 0.194 e. The van der Waals surface area contributed by atoms with Crippen molar-refractivity contribution >= 4 is 16.9 Å². The number of aromatic nitrogens is 2. The van der Waals surface area contributed by atoms with Gasteiger partial charge in [0.05, 0.1) is 6.26 Å². The minimum absolute atomic E-state index is 0.385. The van der Waals surface area contributed by atoms with E-state index in [2.05, 4.69) is 23.8 Å². The molecule has 0 saturated carbocycles. The van der Waals surface area contributed by atoms with E-state index >= 15 is 0 Å². The summed E-state index contributed by atoms with van der Waals surface area (Å²) in [6.07, 6.45) is 3.15. The highest BCUT2D eigenvalue weighted by atomic mass is 16.3. The first-order chi connectivity index (χ1) is 6.20. The third kappa shape index (κ3) is 1.14. The Morgan fingerprint density at radius 3 is 2.85 bits per heavy atom. The molecule has 2 aromatic rings. The molecule has 2 heterocycles. The minimum Gasteiger partial charge on any atom is -0.458 e. The van der Waals surface area contributed by atoms with Gasteiger partial charge < -0.3 is 10.2 Å². The third-order valence-electron chi connectivity index (χ3n) is 2.03. The van der Waals surface area contributed by atoms with Crippen LogP contribution < -0.4 is 5.73 Å². The van der Waals surface area contributed by atoms with E-state index in [0.29, 0.717) is 17.3 Å². The molecule has 0 spiro atoms. The van der Waals surface area contributed by atoms with E-state index in [-0.39, 0.29) is 0 Å².